The first-order chi connectivity index (χ1) is 27.8. The third-order valence-electron chi connectivity index (χ3n) is 11.6. The van der Waals surface area contributed by atoms with Gasteiger partial charge >= 0.3 is 0 Å². The van der Waals surface area contributed by atoms with Gasteiger partial charge in [0.05, 0.1) is 5.69 Å². The normalized spacial score (nSPS) is 15.8. The fraction of sp³-hybridized carbons (Fsp3) is 0.0370. The Hall–Kier alpha value is -7.16. The van der Waals surface area contributed by atoms with E-state index in [1.807, 2.05) is 12.1 Å². The minimum absolute atomic E-state index is 0.353. The smallest absolute Gasteiger partial charge is 0.136 e. The van der Waals surface area contributed by atoms with Crippen molar-refractivity contribution in [1.82, 2.24) is 0 Å². The second kappa shape index (κ2) is 13.3. The molecule has 0 bridgehead atoms. The van der Waals surface area contributed by atoms with Crippen molar-refractivity contribution in [3.05, 3.63) is 229 Å². The lowest BCUT2D eigenvalue weighted by atomic mass is 9.73. The van der Waals surface area contributed by atoms with Crippen molar-refractivity contribution in [3.63, 3.8) is 0 Å². The van der Waals surface area contributed by atoms with Gasteiger partial charge in [0.15, 0.2) is 0 Å². The van der Waals surface area contributed by atoms with Gasteiger partial charge in [0.25, 0.3) is 0 Å². The Morgan fingerprint density at radius 2 is 1.12 bits per heavy atom. The Labute approximate surface area is 326 Å². The van der Waals surface area contributed by atoms with Crippen LogP contribution in [0.4, 0.5) is 17.1 Å². The van der Waals surface area contributed by atoms with Gasteiger partial charge in [-0.15, -0.1) is 0 Å². The molecule has 56 heavy (non-hydrogen) atoms. The second-order valence-corrected chi connectivity index (χ2v) is 14.8. The van der Waals surface area contributed by atoms with E-state index in [4.69, 9.17) is 4.42 Å². The van der Waals surface area contributed by atoms with Gasteiger partial charge in [-0.3, -0.25) is 0 Å². The van der Waals surface area contributed by atoms with Crippen molar-refractivity contribution in [2.45, 2.75) is 5.92 Å². The highest BCUT2D eigenvalue weighted by atomic mass is 16.3. The van der Waals surface area contributed by atoms with E-state index in [1.54, 1.807) is 0 Å². The molecule has 1 heterocycles. The maximum atomic E-state index is 6.18. The van der Waals surface area contributed by atoms with Crippen LogP contribution in [-0.4, -0.2) is 0 Å². The summed E-state index contributed by atoms with van der Waals surface area (Å²) in [5.74, 6) is 0.737. The van der Waals surface area contributed by atoms with Crippen LogP contribution in [0.15, 0.2) is 217 Å². The Balaban J connectivity index is 0.994. The first-order valence-corrected chi connectivity index (χ1v) is 19.4. The lowest BCUT2D eigenvalue weighted by Gasteiger charge is -2.31. The molecule has 8 aromatic carbocycles. The highest BCUT2D eigenvalue weighted by molar-refractivity contribution is 6.19. The van der Waals surface area contributed by atoms with E-state index < -0.39 is 0 Å². The molecule has 0 N–H and O–H groups in total. The molecule has 0 radical (unpaired) electrons. The molecule has 2 aliphatic carbocycles. The molecule has 1 aromatic heterocycles. The zero-order valence-corrected chi connectivity index (χ0v) is 30.7. The molecule has 0 amide bonds. The first-order valence-electron chi connectivity index (χ1n) is 19.4. The lowest BCUT2D eigenvalue weighted by Crippen LogP contribution is -2.16. The number of fused-ring (bicyclic) bond motifs is 8. The van der Waals surface area contributed by atoms with Crippen molar-refractivity contribution >= 4 is 55.3 Å². The van der Waals surface area contributed by atoms with Crippen molar-refractivity contribution in [3.8, 4) is 22.3 Å². The molecule has 0 fully saturated rings. The summed E-state index contributed by atoms with van der Waals surface area (Å²) in [6, 6.07) is 65.8. The van der Waals surface area contributed by atoms with Crippen molar-refractivity contribution in [2.75, 3.05) is 4.90 Å². The molecule has 2 heteroatoms. The highest BCUT2D eigenvalue weighted by Crippen LogP contribution is 2.46. The van der Waals surface area contributed by atoms with Gasteiger partial charge in [-0.05, 0) is 98.3 Å². The molecule has 2 unspecified atom stereocenters. The van der Waals surface area contributed by atoms with Crippen molar-refractivity contribution in [1.29, 1.82) is 0 Å². The summed E-state index contributed by atoms with van der Waals surface area (Å²) in [4.78, 5) is 2.39. The van der Waals surface area contributed by atoms with E-state index in [1.165, 1.54) is 60.7 Å². The molecule has 2 aliphatic rings. The maximum absolute atomic E-state index is 6.18. The number of benzene rings is 8. The zero-order chi connectivity index (χ0) is 37.0. The largest absolute Gasteiger partial charge is 0.456 e. The molecule has 0 spiro atoms. The summed E-state index contributed by atoms with van der Waals surface area (Å²) < 4.78 is 6.18. The first kappa shape index (κ1) is 32.3. The number of anilines is 3. The molecule has 0 saturated heterocycles. The van der Waals surface area contributed by atoms with E-state index in [0.717, 1.165) is 33.6 Å². The summed E-state index contributed by atoms with van der Waals surface area (Å²) in [5.41, 5.74) is 15.1. The van der Waals surface area contributed by atoms with Crippen LogP contribution >= 0.6 is 0 Å². The van der Waals surface area contributed by atoms with Crippen LogP contribution in [0.2, 0.25) is 0 Å². The predicted molar refractivity (Wildman–Crippen MR) is 235 cm³/mol. The van der Waals surface area contributed by atoms with Gasteiger partial charge in [-0.1, -0.05) is 164 Å². The Kier molecular flexibility index (Phi) is 7.67. The Bertz CT molecular complexity index is 3020. The minimum Gasteiger partial charge on any atom is -0.456 e. The average molecular weight is 716 g/mol. The quantitative estimate of drug-likeness (QED) is 0.170. The van der Waals surface area contributed by atoms with Gasteiger partial charge in [0.2, 0.25) is 0 Å². The summed E-state index contributed by atoms with van der Waals surface area (Å²) in [6.45, 7) is 0. The van der Waals surface area contributed by atoms with E-state index in [0.29, 0.717) is 11.8 Å². The second-order valence-electron chi connectivity index (χ2n) is 14.8. The summed E-state index contributed by atoms with van der Waals surface area (Å²) in [6.07, 6.45) is 11.5. The van der Waals surface area contributed by atoms with Crippen LogP contribution in [0.3, 0.4) is 0 Å². The number of hydrogen-bond donors (Lipinski definition) is 0. The minimum atomic E-state index is 0.353. The van der Waals surface area contributed by atoms with Crippen molar-refractivity contribution in [2.24, 2.45) is 5.92 Å². The molecule has 0 aliphatic heterocycles. The topological polar surface area (TPSA) is 16.4 Å². The van der Waals surface area contributed by atoms with E-state index in [9.17, 15) is 0 Å². The third-order valence-corrected chi connectivity index (χ3v) is 11.6. The van der Waals surface area contributed by atoms with Crippen LogP contribution < -0.4 is 4.90 Å². The summed E-state index contributed by atoms with van der Waals surface area (Å²) in [7, 11) is 0. The van der Waals surface area contributed by atoms with Gasteiger partial charge in [0.1, 0.15) is 11.2 Å². The van der Waals surface area contributed by atoms with Crippen LogP contribution in [0.5, 0.6) is 0 Å². The number of furan rings is 1. The third kappa shape index (κ3) is 5.41. The average Bonchev–Trinajstić information content (AvgIpc) is 3.66. The SMILES string of the molecule is C1=CC2C=C(c3ccc(N(c4ccc(-c5ccc6c(ccc7oc8ccccc8c76)c5)cc4)c4ccccc4-c4ccccc4)cc3)c3ccccc3C2C=C1. The predicted octanol–water partition coefficient (Wildman–Crippen LogP) is 14.8. The highest BCUT2D eigenvalue weighted by Gasteiger charge is 2.28. The fourth-order valence-electron chi connectivity index (χ4n) is 8.95. The lowest BCUT2D eigenvalue weighted by molar-refractivity contribution is 0.669. The van der Waals surface area contributed by atoms with E-state index in [2.05, 4.69) is 205 Å². The van der Waals surface area contributed by atoms with Crippen LogP contribution in [0, 0.1) is 5.92 Å². The van der Waals surface area contributed by atoms with Crippen LogP contribution in [0.25, 0.3) is 60.5 Å². The number of allylic oxidation sites excluding steroid dienone is 5. The molecule has 264 valence electrons. The number of hydrogen-bond acceptors (Lipinski definition) is 2. The summed E-state index contributed by atoms with van der Waals surface area (Å²) >= 11 is 0. The Morgan fingerprint density at radius 1 is 0.446 bits per heavy atom. The number of nitrogens with zero attached hydrogens (tertiary/aromatic N) is 1. The monoisotopic (exact) mass is 715 g/mol. The molecule has 0 saturated carbocycles. The molecule has 2 atom stereocenters. The number of para-hydroxylation sites is 2. The zero-order valence-electron chi connectivity index (χ0n) is 30.7. The van der Waals surface area contributed by atoms with Gasteiger partial charge in [-0.25, -0.2) is 0 Å². The van der Waals surface area contributed by atoms with Crippen molar-refractivity contribution < 1.29 is 4.42 Å². The summed E-state index contributed by atoms with van der Waals surface area (Å²) in [5, 5.41) is 4.74. The fourth-order valence-corrected chi connectivity index (χ4v) is 8.95. The van der Waals surface area contributed by atoms with Gasteiger partial charge < -0.3 is 9.32 Å². The molecule has 11 rings (SSSR count). The van der Waals surface area contributed by atoms with Gasteiger partial charge in [-0.2, -0.15) is 0 Å². The van der Waals surface area contributed by atoms with Crippen LogP contribution in [-0.2, 0) is 0 Å². The number of rotatable bonds is 6. The van der Waals surface area contributed by atoms with E-state index >= 15 is 0 Å². The molecular weight excluding hydrogens is 679 g/mol. The molecule has 2 nitrogen and oxygen atoms in total. The van der Waals surface area contributed by atoms with Gasteiger partial charge in [0, 0.05) is 39.5 Å². The van der Waals surface area contributed by atoms with Crippen LogP contribution in [0.1, 0.15) is 22.6 Å². The van der Waals surface area contributed by atoms with E-state index in [-0.39, 0.29) is 0 Å². The maximum Gasteiger partial charge on any atom is 0.136 e. The molecule has 9 aromatic rings. The standard InChI is InChI=1S/C54H37NO/c1-2-12-37(13-3-1)45-16-8-10-20-51(45)55(43-30-24-38(25-31-43)50-35-40-14-4-5-15-44(40)47-17-6-7-18-48(47)50)42-28-22-36(23-29-42)39-26-32-46-41(34-39)27-33-53-54(46)49-19-9-11-21-52(49)56-53/h1-35,40,44H. The Morgan fingerprint density at radius 3 is 1.96 bits per heavy atom. The molecular formula is C54H37NO.